The number of aryl methyl sites for hydroxylation is 1. The molecule has 3 heterocycles. The van der Waals surface area contributed by atoms with Crippen LogP contribution in [-0.4, -0.2) is 17.1 Å². The molecule has 0 saturated heterocycles. The fraction of sp³-hybridized carbons (Fsp3) is 0.125. The predicted molar refractivity (Wildman–Crippen MR) is 118 cm³/mol. The van der Waals surface area contributed by atoms with Crippen LogP contribution in [0.15, 0.2) is 74.8 Å². The van der Waals surface area contributed by atoms with Gasteiger partial charge in [-0.1, -0.05) is 18.2 Å². The molecule has 1 amide bonds. The van der Waals surface area contributed by atoms with Gasteiger partial charge < -0.3 is 4.42 Å². The van der Waals surface area contributed by atoms with Gasteiger partial charge in [0.15, 0.2) is 5.43 Å². The largest absolute Gasteiger partial charge is 0.450 e. The molecule has 5 rings (SSSR count). The van der Waals surface area contributed by atoms with Crippen LogP contribution in [0.4, 0.5) is 10.2 Å². The Morgan fingerprint density at radius 3 is 2.55 bits per heavy atom. The van der Waals surface area contributed by atoms with E-state index in [2.05, 4.69) is 4.98 Å². The van der Waals surface area contributed by atoms with Gasteiger partial charge in [0.1, 0.15) is 17.2 Å². The quantitative estimate of drug-likeness (QED) is 0.421. The van der Waals surface area contributed by atoms with Crippen molar-refractivity contribution in [1.82, 2.24) is 4.98 Å². The van der Waals surface area contributed by atoms with E-state index in [-0.39, 0.29) is 22.3 Å². The summed E-state index contributed by atoms with van der Waals surface area (Å²) in [7, 11) is 0. The molecular formula is C24H17FN2O3S. The first-order valence-corrected chi connectivity index (χ1v) is 10.9. The summed E-state index contributed by atoms with van der Waals surface area (Å²) in [6, 6.07) is 16.0. The van der Waals surface area contributed by atoms with Crippen LogP contribution in [0.5, 0.6) is 0 Å². The standard InChI is InChI=1S/C24H17FN2O3S/c1-13-4-3-5-19(26-13)27-21(14-6-9-16(31-2)10-7-14)20-22(28)17-12-15(25)8-11-18(17)30-23(20)24(27)29/h3-12,21H,1-2H3. The first-order chi connectivity index (χ1) is 15.0. The van der Waals surface area contributed by atoms with Crippen molar-refractivity contribution < 1.29 is 13.6 Å². The molecule has 7 heteroatoms. The minimum absolute atomic E-state index is 0.0358. The van der Waals surface area contributed by atoms with Crippen molar-refractivity contribution in [2.45, 2.75) is 17.9 Å². The van der Waals surface area contributed by atoms with Crippen LogP contribution in [0.2, 0.25) is 0 Å². The average Bonchev–Trinajstić information content (AvgIpc) is 3.07. The second-order valence-electron chi connectivity index (χ2n) is 7.30. The van der Waals surface area contributed by atoms with Crippen molar-refractivity contribution in [1.29, 1.82) is 0 Å². The third kappa shape index (κ3) is 3.13. The maximum atomic E-state index is 13.9. The Morgan fingerprint density at radius 1 is 1.06 bits per heavy atom. The van der Waals surface area contributed by atoms with Gasteiger partial charge >= 0.3 is 0 Å². The number of pyridine rings is 1. The van der Waals surface area contributed by atoms with E-state index in [4.69, 9.17) is 4.42 Å². The summed E-state index contributed by atoms with van der Waals surface area (Å²) in [4.78, 5) is 33.9. The van der Waals surface area contributed by atoms with Gasteiger partial charge in [-0.3, -0.25) is 14.5 Å². The lowest BCUT2D eigenvalue weighted by Gasteiger charge is -2.24. The van der Waals surface area contributed by atoms with Gasteiger partial charge in [-0.05, 0) is 61.2 Å². The minimum atomic E-state index is -0.725. The number of carbonyl (C=O) groups is 1. The number of hydrogen-bond donors (Lipinski definition) is 0. The molecule has 0 saturated carbocycles. The van der Waals surface area contributed by atoms with Crippen LogP contribution in [0.1, 0.15) is 33.4 Å². The lowest BCUT2D eigenvalue weighted by Crippen LogP contribution is -2.30. The van der Waals surface area contributed by atoms with Gasteiger partial charge in [0.05, 0.1) is 17.0 Å². The van der Waals surface area contributed by atoms with Crippen LogP contribution in [-0.2, 0) is 0 Å². The number of carbonyl (C=O) groups excluding carboxylic acids is 1. The van der Waals surface area contributed by atoms with E-state index in [0.717, 1.165) is 22.2 Å². The highest BCUT2D eigenvalue weighted by atomic mass is 32.2. The molecule has 1 unspecified atom stereocenters. The van der Waals surface area contributed by atoms with E-state index in [1.807, 2.05) is 49.6 Å². The van der Waals surface area contributed by atoms with Crippen LogP contribution < -0.4 is 10.3 Å². The van der Waals surface area contributed by atoms with Crippen molar-refractivity contribution >= 4 is 34.5 Å². The summed E-state index contributed by atoms with van der Waals surface area (Å²) in [6.45, 7) is 1.83. The molecule has 0 radical (unpaired) electrons. The smallest absolute Gasteiger partial charge is 0.296 e. The molecule has 0 N–H and O–H groups in total. The van der Waals surface area contributed by atoms with E-state index >= 15 is 0 Å². The number of hydrogen-bond acceptors (Lipinski definition) is 5. The monoisotopic (exact) mass is 432 g/mol. The number of rotatable bonds is 3. The molecule has 1 aliphatic rings. The van der Waals surface area contributed by atoms with Crippen LogP contribution in [0.25, 0.3) is 11.0 Å². The number of halogens is 1. The van der Waals surface area contributed by atoms with Gasteiger partial charge in [-0.2, -0.15) is 0 Å². The fourth-order valence-electron chi connectivity index (χ4n) is 3.95. The number of anilines is 1. The van der Waals surface area contributed by atoms with E-state index in [1.165, 1.54) is 17.0 Å². The van der Waals surface area contributed by atoms with E-state index in [0.29, 0.717) is 5.82 Å². The zero-order valence-corrected chi connectivity index (χ0v) is 17.6. The highest BCUT2D eigenvalue weighted by Crippen LogP contribution is 2.41. The number of fused-ring (bicyclic) bond motifs is 2. The molecule has 5 nitrogen and oxygen atoms in total. The molecule has 31 heavy (non-hydrogen) atoms. The molecule has 4 aromatic rings. The van der Waals surface area contributed by atoms with Crippen molar-refractivity contribution in [3.8, 4) is 0 Å². The molecule has 2 aromatic carbocycles. The first-order valence-electron chi connectivity index (χ1n) is 9.65. The SMILES string of the molecule is CSc1ccc(C2c3c(oc4ccc(F)cc4c3=O)C(=O)N2c2cccc(C)n2)cc1. The lowest BCUT2D eigenvalue weighted by molar-refractivity contribution is 0.0970. The summed E-state index contributed by atoms with van der Waals surface area (Å²) in [6.07, 6.45) is 1.97. The Balaban J connectivity index is 1.80. The molecule has 154 valence electrons. The van der Waals surface area contributed by atoms with E-state index in [1.54, 1.807) is 17.8 Å². The summed E-state index contributed by atoms with van der Waals surface area (Å²) in [5.74, 6) is -0.603. The summed E-state index contributed by atoms with van der Waals surface area (Å²) in [5.41, 5.74) is 1.44. The second-order valence-corrected chi connectivity index (χ2v) is 8.18. The maximum absolute atomic E-state index is 13.9. The van der Waals surface area contributed by atoms with Crippen molar-refractivity contribution in [3.05, 3.63) is 99.3 Å². The number of amides is 1. The number of benzene rings is 2. The molecule has 1 aliphatic heterocycles. The van der Waals surface area contributed by atoms with E-state index in [9.17, 15) is 14.0 Å². The lowest BCUT2D eigenvalue weighted by atomic mass is 9.98. The van der Waals surface area contributed by atoms with Gasteiger partial charge in [0.25, 0.3) is 5.91 Å². The molecule has 0 aliphatic carbocycles. The maximum Gasteiger partial charge on any atom is 0.296 e. The molecule has 2 aromatic heterocycles. The fourth-order valence-corrected chi connectivity index (χ4v) is 4.35. The molecule has 0 bridgehead atoms. The van der Waals surface area contributed by atoms with Gasteiger partial charge in [0.2, 0.25) is 5.76 Å². The zero-order chi connectivity index (χ0) is 21.7. The molecular weight excluding hydrogens is 415 g/mol. The third-order valence-electron chi connectivity index (χ3n) is 5.38. The number of nitrogens with zero attached hydrogens (tertiary/aromatic N) is 2. The highest BCUT2D eigenvalue weighted by Gasteiger charge is 2.44. The Kier molecular flexibility index (Phi) is 4.63. The van der Waals surface area contributed by atoms with Crippen molar-refractivity contribution in [2.24, 2.45) is 0 Å². The molecule has 1 atom stereocenters. The normalized spacial score (nSPS) is 15.5. The zero-order valence-electron chi connectivity index (χ0n) is 16.8. The number of thioether (sulfide) groups is 1. The molecule has 0 spiro atoms. The Labute approximate surface area is 181 Å². The van der Waals surface area contributed by atoms with Crippen LogP contribution in [0.3, 0.4) is 0 Å². The summed E-state index contributed by atoms with van der Waals surface area (Å²) >= 11 is 1.60. The van der Waals surface area contributed by atoms with Gasteiger partial charge in [-0.25, -0.2) is 9.37 Å². The van der Waals surface area contributed by atoms with Crippen LogP contribution in [0, 0.1) is 12.7 Å². The van der Waals surface area contributed by atoms with Crippen molar-refractivity contribution in [2.75, 3.05) is 11.2 Å². The Hall–Kier alpha value is -3.45. The van der Waals surface area contributed by atoms with E-state index < -0.39 is 23.2 Å². The molecule has 0 fully saturated rings. The van der Waals surface area contributed by atoms with Gasteiger partial charge in [-0.15, -0.1) is 11.8 Å². The van der Waals surface area contributed by atoms with Crippen LogP contribution >= 0.6 is 11.8 Å². The number of aromatic nitrogens is 1. The minimum Gasteiger partial charge on any atom is -0.450 e. The van der Waals surface area contributed by atoms with Gasteiger partial charge in [0, 0.05) is 10.6 Å². The summed E-state index contributed by atoms with van der Waals surface area (Å²) in [5, 5.41) is 0.108. The van der Waals surface area contributed by atoms with Crippen molar-refractivity contribution in [3.63, 3.8) is 0 Å². The first kappa shape index (κ1) is 19.5. The summed E-state index contributed by atoms with van der Waals surface area (Å²) < 4.78 is 19.7. The second kappa shape index (κ2) is 7.35. The topological polar surface area (TPSA) is 63.4 Å². The highest BCUT2D eigenvalue weighted by molar-refractivity contribution is 7.98. The average molecular weight is 432 g/mol. The third-order valence-corrected chi connectivity index (χ3v) is 6.13. The Bertz CT molecular complexity index is 1400. The Morgan fingerprint density at radius 2 is 1.84 bits per heavy atom. The predicted octanol–water partition coefficient (Wildman–Crippen LogP) is 5.11.